The maximum atomic E-state index is 13.2. The standard InChI is InChI=1S/C21H23ClN4O3S2/c1-3-14-6-5-7-16(12-14)24-18(27)13-26-20(23)19(21(25-26)30-4-2)31(28,29)17-10-8-15(22)9-11-17/h5-12H,3-4,13,23H2,1-2H3,(H,24,27). The zero-order valence-electron chi connectivity index (χ0n) is 17.1. The minimum Gasteiger partial charge on any atom is -0.383 e. The summed E-state index contributed by atoms with van der Waals surface area (Å²) in [6.45, 7) is 3.70. The van der Waals surface area contributed by atoms with E-state index in [2.05, 4.69) is 10.4 Å². The maximum absolute atomic E-state index is 13.2. The molecule has 10 heteroatoms. The van der Waals surface area contributed by atoms with Gasteiger partial charge in [0.15, 0.2) is 0 Å². The first-order chi connectivity index (χ1) is 14.8. The number of anilines is 2. The number of hydrogen-bond donors (Lipinski definition) is 2. The fourth-order valence-corrected chi connectivity index (χ4v) is 5.66. The molecule has 0 atom stereocenters. The van der Waals surface area contributed by atoms with Crippen LogP contribution in [-0.4, -0.2) is 29.9 Å². The Labute approximate surface area is 190 Å². The molecular formula is C21H23ClN4O3S2. The fourth-order valence-electron chi connectivity index (χ4n) is 2.98. The first-order valence-corrected chi connectivity index (χ1v) is 12.5. The summed E-state index contributed by atoms with van der Waals surface area (Å²) < 4.78 is 27.7. The van der Waals surface area contributed by atoms with Crippen LogP contribution in [0.5, 0.6) is 0 Å². The van der Waals surface area contributed by atoms with E-state index >= 15 is 0 Å². The molecule has 3 rings (SSSR count). The SMILES string of the molecule is CCSc1nn(CC(=O)Nc2cccc(CC)c2)c(N)c1S(=O)(=O)c1ccc(Cl)cc1. The van der Waals surface area contributed by atoms with Gasteiger partial charge in [-0.2, -0.15) is 5.10 Å². The number of sulfone groups is 1. The Morgan fingerprint density at radius 1 is 1.19 bits per heavy atom. The number of carbonyl (C=O) groups excluding carboxylic acids is 1. The first-order valence-electron chi connectivity index (χ1n) is 9.64. The summed E-state index contributed by atoms with van der Waals surface area (Å²) in [5.74, 6) is 0.157. The molecule has 1 amide bonds. The van der Waals surface area contributed by atoms with Gasteiger partial charge in [-0.15, -0.1) is 11.8 Å². The lowest BCUT2D eigenvalue weighted by Crippen LogP contribution is -2.21. The molecule has 0 bridgehead atoms. The van der Waals surface area contributed by atoms with Gasteiger partial charge in [-0.25, -0.2) is 13.1 Å². The number of halogens is 1. The lowest BCUT2D eigenvalue weighted by Gasteiger charge is -2.08. The number of nitrogens with two attached hydrogens (primary N) is 1. The van der Waals surface area contributed by atoms with Gasteiger partial charge in [0.1, 0.15) is 22.3 Å². The Morgan fingerprint density at radius 3 is 2.55 bits per heavy atom. The summed E-state index contributed by atoms with van der Waals surface area (Å²) in [6.07, 6.45) is 0.847. The molecule has 0 saturated carbocycles. The predicted octanol–water partition coefficient (Wildman–Crippen LogP) is 4.26. The summed E-state index contributed by atoms with van der Waals surface area (Å²) in [4.78, 5) is 12.5. The molecule has 3 aromatic rings. The van der Waals surface area contributed by atoms with Crippen LogP contribution < -0.4 is 11.1 Å². The number of carbonyl (C=O) groups is 1. The van der Waals surface area contributed by atoms with Gasteiger partial charge >= 0.3 is 0 Å². The van der Waals surface area contributed by atoms with Crippen molar-refractivity contribution in [3.63, 3.8) is 0 Å². The molecule has 0 aliphatic carbocycles. The Balaban J connectivity index is 1.92. The third-order valence-electron chi connectivity index (χ3n) is 4.50. The van der Waals surface area contributed by atoms with Crippen LogP contribution in [0, 0.1) is 0 Å². The molecule has 0 aliphatic rings. The number of nitrogen functional groups attached to an aromatic ring is 1. The Bertz CT molecular complexity index is 1190. The van der Waals surface area contributed by atoms with Gasteiger partial charge in [-0.3, -0.25) is 4.79 Å². The molecular weight excluding hydrogens is 456 g/mol. The largest absolute Gasteiger partial charge is 0.383 e. The quantitative estimate of drug-likeness (QED) is 0.468. The number of aryl methyl sites for hydroxylation is 1. The van der Waals surface area contributed by atoms with Crippen LogP contribution in [0.2, 0.25) is 5.02 Å². The lowest BCUT2D eigenvalue weighted by molar-refractivity contribution is -0.116. The minimum absolute atomic E-state index is 0.0573. The van der Waals surface area contributed by atoms with Gasteiger partial charge in [0.2, 0.25) is 15.7 Å². The van der Waals surface area contributed by atoms with Crippen LogP contribution >= 0.6 is 23.4 Å². The molecule has 164 valence electrons. The highest BCUT2D eigenvalue weighted by Crippen LogP contribution is 2.35. The van der Waals surface area contributed by atoms with Crippen LogP contribution in [0.25, 0.3) is 0 Å². The van der Waals surface area contributed by atoms with Crippen molar-refractivity contribution in [2.45, 2.75) is 41.6 Å². The smallest absolute Gasteiger partial charge is 0.246 e. The Hall–Kier alpha value is -2.49. The molecule has 1 aromatic heterocycles. The van der Waals surface area contributed by atoms with Crippen molar-refractivity contribution in [2.75, 3.05) is 16.8 Å². The van der Waals surface area contributed by atoms with Crippen molar-refractivity contribution < 1.29 is 13.2 Å². The first kappa shape index (κ1) is 23.2. The molecule has 7 nitrogen and oxygen atoms in total. The van der Waals surface area contributed by atoms with Crippen LogP contribution in [0.1, 0.15) is 19.4 Å². The van der Waals surface area contributed by atoms with Crippen LogP contribution in [0.3, 0.4) is 0 Å². The molecule has 0 saturated heterocycles. The number of rotatable bonds is 8. The Morgan fingerprint density at radius 2 is 1.90 bits per heavy atom. The van der Waals surface area contributed by atoms with Crippen molar-refractivity contribution in [1.29, 1.82) is 0 Å². The minimum atomic E-state index is -3.94. The topological polar surface area (TPSA) is 107 Å². The second kappa shape index (κ2) is 9.76. The highest BCUT2D eigenvalue weighted by molar-refractivity contribution is 8.00. The summed E-state index contributed by atoms with van der Waals surface area (Å²) in [6, 6.07) is 13.4. The van der Waals surface area contributed by atoms with E-state index < -0.39 is 9.84 Å². The van der Waals surface area contributed by atoms with Gasteiger partial charge in [0.25, 0.3) is 0 Å². The van der Waals surface area contributed by atoms with Gasteiger partial charge in [-0.1, -0.05) is 37.6 Å². The molecule has 0 fully saturated rings. The highest BCUT2D eigenvalue weighted by Gasteiger charge is 2.30. The van der Waals surface area contributed by atoms with Gasteiger partial charge in [0, 0.05) is 10.7 Å². The van der Waals surface area contributed by atoms with E-state index in [-0.39, 0.29) is 33.1 Å². The van der Waals surface area contributed by atoms with Crippen molar-refractivity contribution >= 4 is 50.6 Å². The molecule has 0 spiro atoms. The molecule has 0 radical (unpaired) electrons. The van der Waals surface area contributed by atoms with Crippen molar-refractivity contribution in [2.24, 2.45) is 0 Å². The normalized spacial score (nSPS) is 11.5. The van der Waals surface area contributed by atoms with Crippen LogP contribution in [-0.2, 0) is 27.6 Å². The van der Waals surface area contributed by atoms with E-state index in [1.54, 1.807) is 6.07 Å². The van der Waals surface area contributed by atoms with E-state index in [0.29, 0.717) is 16.5 Å². The number of thioether (sulfide) groups is 1. The van der Waals surface area contributed by atoms with E-state index in [4.69, 9.17) is 17.3 Å². The predicted molar refractivity (Wildman–Crippen MR) is 124 cm³/mol. The third-order valence-corrected chi connectivity index (χ3v) is 7.56. The molecule has 2 aromatic carbocycles. The lowest BCUT2D eigenvalue weighted by atomic mass is 10.1. The highest BCUT2D eigenvalue weighted by atomic mass is 35.5. The van der Waals surface area contributed by atoms with E-state index in [1.807, 2.05) is 32.0 Å². The fraction of sp³-hybridized carbons (Fsp3) is 0.238. The number of nitrogens with zero attached hydrogens (tertiary/aromatic N) is 2. The summed E-state index contributed by atoms with van der Waals surface area (Å²) >= 11 is 7.13. The number of hydrogen-bond acceptors (Lipinski definition) is 6. The van der Waals surface area contributed by atoms with E-state index in [0.717, 1.165) is 12.0 Å². The molecule has 0 aliphatic heterocycles. The van der Waals surface area contributed by atoms with Gasteiger partial charge in [-0.05, 0) is 54.1 Å². The second-order valence-electron chi connectivity index (χ2n) is 6.67. The van der Waals surface area contributed by atoms with Gasteiger partial charge < -0.3 is 11.1 Å². The van der Waals surface area contributed by atoms with Gasteiger partial charge in [0.05, 0.1) is 4.90 Å². The molecule has 0 unspecified atom stereocenters. The number of amides is 1. The average molecular weight is 479 g/mol. The molecule has 31 heavy (non-hydrogen) atoms. The number of nitrogens with one attached hydrogen (secondary N) is 1. The monoisotopic (exact) mass is 478 g/mol. The zero-order chi connectivity index (χ0) is 22.6. The van der Waals surface area contributed by atoms with Crippen LogP contribution in [0.4, 0.5) is 11.5 Å². The zero-order valence-corrected chi connectivity index (χ0v) is 19.5. The van der Waals surface area contributed by atoms with E-state index in [1.165, 1.54) is 40.7 Å². The molecule has 1 heterocycles. The van der Waals surface area contributed by atoms with E-state index in [9.17, 15) is 13.2 Å². The number of benzene rings is 2. The third kappa shape index (κ3) is 5.23. The van der Waals surface area contributed by atoms with Crippen molar-refractivity contribution in [3.05, 3.63) is 59.1 Å². The summed E-state index contributed by atoms with van der Waals surface area (Å²) in [7, 11) is -3.94. The van der Waals surface area contributed by atoms with Crippen molar-refractivity contribution in [3.8, 4) is 0 Å². The van der Waals surface area contributed by atoms with Crippen LogP contribution in [0.15, 0.2) is 63.3 Å². The Kier molecular flexibility index (Phi) is 7.30. The average Bonchev–Trinajstić information content (AvgIpc) is 3.04. The van der Waals surface area contributed by atoms with Crippen molar-refractivity contribution in [1.82, 2.24) is 9.78 Å². The summed E-state index contributed by atoms with van der Waals surface area (Å²) in [5, 5.41) is 7.80. The molecule has 3 N–H and O–H groups in total. The number of aromatic nitrogens is 2. The second-order valence-corrected chi connectivity index (χ2v) is 10.2. The summed E-state index contributed by atoms with van der Waals surface area (Å²) in [5.41, 5.74) is 7.93. The maximum Gasteiger partial charge on any atom is 0.246 e.